The first-order chi connectivity index (χ1) is 9.21. The molecule has 1 heterocycles. The van der Waals surface area contributed by atoms with Crippen LogP contribution >= 0.6 is 0 Å². The van der Waals surface area contributed by atoms with E-state index < -0.39 is 0 Å². The third-order valence-corrected chi connectivity index (χ3v) is 4.40. The Morgan fingerprint density at radius 3 is 3.00 bits per heavy atom. The van der Waals surface area contributed by atoms with E-state index in [1.807, 2.05) is 13.0 Å². The Balaban J connectivity index is 1.75. The molecule has 1 saturated heterocycles. The highest BCUT2D eigenvalue weighted by molar-refractivity contribution is 5.51. The van der Waals surface area contributed by atoms with Gasteiger partial charge in [0.05, 0.1) is 6.61 Å². The minimum atomic E-state index is 0.292. The lowest BCUT2D eigenvalue weighted by molar-refractivity contribution is 0.285. The van der Waals surface area contributed by atoms with Crippen molar-refractivity contribution in [2.75, 3.05) is 31.1 Å². The van der Waals surface area contributed by atoms with Crippen molar-refractivity contribution in [3.8, 4) is 5.75 Å². The SMILES string of the molecule is CCOc1cccc(N2CCNC(C)(C3CC3)C2)c1. The molecule has 1 aliphatic carbocycles. The van der Waals surface area contributed by atoms with Gasteiger partial charge in [-0.3, -0.25) is 0 Å². The smallest absolute Gasteiger partial charge is 0.121 e. The molecule has 3 nitrogen and oxygen atoms in total. The van der Waals surface area contributed by atoms with Gasteiger partial charge in [-0.1, -0.05) is 6.07 Å². The fraction of sp³-hybridized carbons (Fsp3) is 0.625. The van der Waals surface area contributed by atoms with Gasteiger partial charge >= 0.3 is 0 Å². The fourth-order valence-corrected chi connectivity index (χ4v) is 3.16. The summed E-state index contributed by atoms with van der Waals surface area (Å²) in [6.45, 7) is 8.40. The van der Waals surface area contributed by atoms with Crippen LogP contribution in [0.3, 0.4) is 0 Å². The van der Waals surface area contributed by atoms with Gasteiger partial charge in [0.1, 0.15) is 5.75 Å². The number of anilines is 1. The van der Waals surface area contributed by atoms with Gasteiger partial charge < -0.3 is 15.0 Å². The second-order valence-corrected chi connectivity index (χ2v) is 5.97. The van der Waals surface area contributed by atoms with Crippen LogP contribution in [0.15, 0.2) is 24.3 Å². The summed E-state index contributed by atoms with van der Waals surface area (Å²) in [5.41, 5.74) is 1.58. The third-order valence-electron chi connectivity index (χ3n) is 4.40. The Bertz CT molecular complexity index is 444. The van der Waals surface area contributed by atoms with Crippen molar-refractivity contribution >= 4 is 5.69 Å². The number of rotatable bonds is 4. The predicted octanol–water partition coefficient (Wildman–Crippen LogP) is 2.66. The van der Waals surface area contributed by atoms with Gasteiger partial charge in [-0.25, -0.2) is 0 Å². The molecule has 3 rings (SSSR count). The molecule has 0 bridgehead atoms. The van der Waals surface area contributed by atoms with Gasteiger partial charge in [0.2, 0.25) is 0 Å². The number of benzene rings is 1. The molecular weight excluding hydrogens is 236 g/mol. The fourth-order valence-electron chi connectivity index (χ4n) is 3.16. The summed E-state index contributed by atoms with van der Waals surface area (Å²) < 4.78 is 5.61. The maximum absolute atomic E-state index is 5.61. The average molecular weight is 260 g/mol. The molecule has 19 heavy (non-hydrogen) atoms. The molecule has 3 heteroatoms. The highest BCUT2D eigenvalue weighted by Gasteiger charge is 2.43. The zero-order chi connectivity index (χ0) is 13.3. The Hall–Kier alpha value is -1.22. The molecule has 2 aliphatic rings. The molecule has 1 atom stereocenters. The molecule has 1 N–H and O–H groups in total. The highest BCUT2D eigenvalue weighted by atomic mass is 16.5. The van der Waals surface area contributed by atoms with Crippen molar-refractivity contribution in [3.63, 3.8) is 0 Å². The maximum Gasteiger partial charge on any atom is 0.121 e. The van der Waals surface area contributed by atoms with E-state index in [0.29, 0.717) is 5.54 Å². The second-order valence-electron chi connectivity index (χ2n) is 5.97. The molecule has 1 unspecified atom stereocenters. The van der Waals surface area contributed by atoms with E-state index >= 15 is 0 Å². The first kappa shape index (κ1) is 12.8. The Kier molecular flexibility index (Phi) is 3.40. The van der Waals surface area contributed by atoms with Crippen molar-refractivity contribution in [3.05, 3.63) is 24.3 Å². The minimum absolute atomic E-state index is 0.292. The summed E-state index contributed by atoms with van der Waals surface area (Å²) in [7, 11) is 0. The molecule has 1 aromatic rings. The van der Waals surface area contributed by atoms with Gasteiger partial charge in [-0.05, 0) is 44.7 Å². The zero-order valence-corrected chi connectivity index (χ0v) is 12.0. The van der Waals surface area contributed by atoms with Crippen molar-refractivity contribution in [2.24, 2.45) is 5.92 Å². The van der Waals surface area contributed by atoms with Crippen molar-refractivity contribution in [1.82, 2.24) is 5.32 Å². The van der Waals surface area contributed by atoms with Crippen LogP contribution in [0.2, 0.25) is 0 Å². The number of hydrogen-bond acceptors (Lipinski definition) is 3. The summed E-state index contributed by atoms with van der Waals surface area (Å²) in [5, 5.41) is 3.72. The van der Waals surface area contributed by atoms with E-state index in [-0.39, 0.29) is 0 Å². The summed E-state index contributed by atoms with van der Waals surface area (Å²) in [5.74, 6) is 1.84. The van der Waals surface area contributed by atoms with Gasteiger partial charge in [-0.15, -0.1) is 0 Å². The molecule has 0 radical (unpaired) electrons. The van der Waals surface area contributed by atoms with Crippen LogP contribution in [0.4, 0.5) is 5.69 Å². The summed E-state index contributed by atoms with van der Waals surface area (Å²) >= 11 is 0. The normalized spacial score (nSPS) is 27.4. The molecule has 2 fully saturated rings. The standard InChI is InChI=1S/C16H24N2O/c1-3-19-15-6-4-5-14(11-15)18-10-9-17-16(2,12-18)13-7-8-13/h4-6,11,13,17H,3,7-10,12H2,1-2H3. The minimum Gasteiger partial charge on any atom is -0.494 e. The van der Waals surface area contributed by atoms with Gasteiger partial charge in [-0.2, -0.15) is 0 Å². The van der Waals surface area contributed by atoms with E-state index in [0.717, 1.165) is 37.9 Å². The zero-order valence-electron chi connectivity index (χ0n) is 12.0. The van der Waals surface area contributed by atoms with Crippen LogP contribution in [0.5, 0.6) is 5.75 Å². The predicted molar refractivity (Wildman–Crippen MR) is 79.0 cm³/mol. The second kappa shape index (κ2) is 5.04. The summed E-state index contributed by atoms with van der Waals surface area (Å²) in [6, 6.07) is 8.50. The Morgan fingerprint density at radius 1 is 1.42 bits per heavy atom. The van der Waals surface area contributed by atoms with Gasteiger partial charge in [0, 0.05) is 36.9 Å². The van der Waals surface area contributed by atoms with Gasteiger partial charge in [0.25, 0.3) is 0 Å². The molecule has 0 aromatic heterocycles. The van der Waals surface area contributed by atoms with E-state index in [4.69, 9.17) is 4.74 Å². The summed E-state index contributed by atoms with van der Waals surface area (Å²) in [4.78, 5) is 2.50. The average Bonchev–Trinajstić information content (AvgIpc) is 3.24. The van der Waals surface area contributed by atoms with Crippen LogP contribution in [-0.4, -0.2) is 31.8 Å². The third kappa shape index (κ3) is 2.71. The highest BCUT2D eigenvalue weighted by Crippen LogP contribution is 2.41. The van der Waals surface area contributed by atoms with Crippen molar-refractivity contribution in [1.29, 1.82) is 0 Å². The molecule has 0 amide bonds. The topological polar surface area (TPSA) is 24.5 Å². The quantitative estimate of drug-likeness (QED) is 0.901. The molecule has 0 spiro atoms. The van der Waals surface area contributed by atoms with Crippen LogP contribution < -0.4 is 15.0 Å². The largest absolute Gasteiger partial charge is 0.494 e. The van der Waals surface area contributed by atoms with Crippen LogP contribution in [0, 0.1) is 5.92 Å². The van der Waals surface area contributed by atoms with Crippen LogP contribution in [-0.2, 0) is 0 Å². The number of nitrogens with one attached hydrogen (secondary N) is 1. The monoisotopic (exact) mass is 260 g/mol. The summed E-state index contributed by atoms with van der Waals surface area (Å²) in [6.07, 6.45) is 2.77. The van der Waals surface area contributed by atoms with Crippen LogP contribution in [0.25, 0.3) is 0 Å². The maximum atomic E-state index is 5.61. The number of hydrogen-bond donors (Lipinski definition) is 1. The number of nitrogens with zero attached hydrogens (tertiary/aromatic N) is 1. The number of ether oxygens (including phenoxy) is 1. The molecular formula is C16H24N2O. The molecule has 1 aliphatic heterocycles. The van der Waals surface area contributed by atoms with Crippen molar-refractivity contribution in [2.45, 2.75) is 32.2 Å². The molecule has 1 aromatic carbocycles. The number of piperazine rings is 1. The lowest BCUT2D eigenvalue weighted by Gasteiger charge is -2.43. The molecule has 104 valence electrons. The Morgan fingerprint density at radius 2 is 2.26 bits per heavy atom. The lowest BCUT2D eigenvalue weighted by Crippen LogP contribution is -2.60. The lowest BCUT2D eigenvalue weighted by atomic mass is 9.92. The van der Waals surface area contributed by atoms with Gasteiger partial charge in [0.15, 0.2) is 0 Å². The molecule has 1 saturated carbocycles. The first-order valence-corrected chi connectivity index (χ1v) is 7.44. The van der Waals surface area contributed by atoms with E-state index in [1.165, 1.54) is 18.5 Å². The first-order valence-electron chi connectivity index (χ1n) is 7.44. The van der Waals surface area contributed by atoms with E-state index in [1.54, 1.807) is 0 Å². The van der Waals surface area contributed by atoms with E-state index in [9.17, 15) is 0 Å². The van der Waals surface area contributed by atoms with Crippen molar-refractivity contribution < 1.29 is 4.74 Å². The van der Waals surface area contributed by atoms with Crippen LogP contribution in [0.1, 0.15) is 26.7 Å². The Labute approximate surface area is 115 Å². The van der Waals surface area contributed by atoms with E-state index in [2.05, 4.69) is 35.3 Å².